The quantitative estimate of drug-likeness (QED) is 0.484. The molecule has 2 nitrogen and oxygen atoms in total. The van der Waals surface area contributed by atoms with Crippen molar-refractivity contribution in [1.82, 2.24) is 0 Å². The Morgan fingerprint density at radius 3 is 1.55 bits per heavy atom. The van der Waals surface area contributed by atoms with Gasteiger partial charge >= 0.3 is 0 Å². The standard InChI is InChI=1S/C16H34O2Si2/c1-9-20(10-2,11-3)18-15-13-12-14-17-19(7,8)16(4,5)6/h9-11,14-15H2,1-8H3. The van der Waals surface area contributed by atoms with Crippen LogP contribution >= 0.6 is 0 Å². The minimum absolute atomic E-state index is 0.250. The molecular weight excluding hydrogens is 280 g/mol. The second-order valence-corrected chi connectivity index (χ2v) is 16.5. The zero-order valence-corrected chi connectivity index (χ0v) is 16.9. The van der Waals surface area contributed by atoms with Crippen LogP contribution in [-0.4, -0.2) is 29.8 Å². The maximum atomic E-state index is 6.10. The first kappa shape index (κ1) is 19.9. The van der Waals surface area contributed by atoms with Crippen molar-refractivity contribution in [2.45, 2.75) is 77.8 Å². The Labute approximate surface area is 128 Å². The third kappa shape index (κ3) is 6.13. The molecule has 4 heteroatoms. The van der Waals surface area contributed by atoms with Gasteiger partial charge < -0.3 is 8.85 Å². The van der Waals surface area contributed by atoms with Crippen molar-refractivity contribution < 1.29 is 8.85 Å². The highest BCUT2D eigenvalue weighted by atomic mass is 28.4. The highest BCUT2D eigenvalue weighted by Crippen LogP contribution is 2.36. The molecule has 0 saturated heterocycles. The predicted octanol–water partition coefficient (Wildman–Crippen LogP) is 5.03. The van der Waals surface area contributed by atoms with Crippen LogP contribution in [0.4, 0.5) is 0 Å². The van der Waals surface area contributed by atoms with Crippen molar-refractivity contribution >= 4 is 16.6 Å². The molecule has 0 heterocycles. The van der Waals surface area contributed by atoms with E-state index in [4.69, 9.17) is 8.85 Å². The van der Waals surface area contributed by atoms with Crippen LogP contribution in [0.2, 0.25) is 36.3 Å². The molecule has 20 heavy (non-hydrogen) atoms. The van der Waals surface area contributed by atoms with Gasteiger partial charge in [-0.3, -0.25) is 0 Å². The maximum Gasteiger partial charge on any atom is 0.193 e. The summed E-state index contributed by atoms with van der Waals surface area (Å²) < 4.78 is 12.1. The average molecular weight is 315 g/mol. The molecule has 0 bridgehead atoms. The van der Waals surface area contributed by atoms with Crippen molar-refractivity contribution in [3.8, 4) is 11.8 Å². The molecule has 0 saturated carbocycles. The lowest BCUT2D eigenvalue weighted by Gasteiger charge is -2.35. The summed E-state index contributed by atoms with van der Waals surface area (Å²) in [5.74, 6) is 6.25. The van der Waals surface area contributed by atoms with E-state index >= 15 is 0 Å². The summed E-state index contributed by atoms with van der Waals surface area (Å²) in [6, 6.07) is 3.55. The lowest BCUT2D eigenvalue weighted by atomic mass is 10.2. The lowest BCUT2D eigenvalue weighted by Crippen LogP contribution is -2.40. The topological polar surface area (TPSA) is 18.5 Å². The number of rotatable bonds is 7. The molecule has 0 spiro atoms. The van der Waals surface area contributed by atoms with E-state index in [-0.39, 0.29) is 5.04 Å². The van der Waals surface area contributed by atoms with E-state index in [0.717, 1.165) is 0 Å². The fourth-order valence-electron chi connectivity index (χ4n) is 1.78. The van der Waals surface area contributed by atoms with Crippen LogP contribution in [0.15, 0.2) is 0 Å². The molecule has 0 radical (unpaired) electrons. The van der Waals surface area contributed by atoms with Gasteiger partial charge in [-0.25, -0.2) is 0 Å². The molecule has 0 amide bonds. The molecule has 0 N–H and O–H groups in total. The predicted molar refractivity (Wildman–Crippen MR) is 94.1 cm³/mol. The van der Waals surface area contributed by atoms with Gasteiger partial charge in [-0.15, -0.1) is 0 Å². The SMILES string of the molecule is CC[Si](CC)(CC)OCC#CCO[Si](C)(C)C(C)(C)C. The highest BCUT2D eigenvalue weighted by molar-refractivity contribution is 6.74. The monoisotopic (exact) mass is 314 g/mol. The van der Waals surface area contributed by atoms with Crippen LogP contribution < -0.4 is 0 Å². The third-order valence-corrected chi connectivity index (χ3v) is 13.9. The van der Waals surface area contributed by atoms with Gasteiger partial charge in [0.25, 0.3) is 0 Å². The second kappa shape index (κ2) is 8.38. The number of hydrogen-bond donors (Lipinski definition) is 0. The minimum Gasteiger partial charge on any atom is -0.406 e. The molecule has 0 aromatic rings. The van der Waals surface area contributed by atoms with E-state index in [9.17, 15) is 0 Å². The summed E-state index contributed by atoms with van der Waals surface area (Å²) in [6.07, 6.45) is 0. The molecule has 0 unspecified atom stereocenters. The lowest BCUT2D eigenvalue weighted by molar-refractivity contribution is 0.331. The molecule has 0 aromatic carbocycles. The van der Waals surface area contributed by atoms with Crippen molar-refractivity contribution in [1.29, 1.82) is 0 Å². The first-order valence-corrected chi connectivity index (χ1v) is 13.3. The van der Waals surface area contributed by atoms with E-state index in [0.29, 0.717) is 13.2 Å². The molecule has 0 aliphatic heterocycles. The number of hydrogen-bond acceptors (Lipinski definition) is 2. The minimum atomic E-state index is -1.66. The molecule has 0 rings (SSSR count). The molecule has 118 valence electrons. The Morgan fingerprint density at radius 2 is 1.20 bits per heavy atom. The van der Waals surface area contributed by atoms with Gasteiger partial charge in [-0.1, -0.05) is 53.4 Å². The molecule has 0 atom stereocenters. The molecule has 0 aromatic heterocycles. The van der Waals surface area contributed by atoms with Crippen molar-refractivity contribution in [2.75, 3.05) is 13.2 Å². The normalized spacial score (nSPS) is 13.0. The van der Waals surface area contributed by atoms with Crippen LogP contribution in [0.1, 0.15) is 41.5 Å². The molecule has 0 aliphatic carbocycles. The Bertz CT molecular complexity index is 312. The van der Waals surface area contributed by atoms with Crippen LogP contribution in [0.25, 0.3) is 0 Å². The summed E-state index contributed by atoms with van der Waals surface area (Å²) in [6.45, 7) is 19.1. The van der Waals surface area contributed by atoms with Crippen LogP contribution in [0.5, 0.6) is 0 Å². The van der Waals surface area contributed by atoms with Gasteiger partial charge in [-0.2, -0.15) is 0 Å². The molecule has 0 aliphatic rings. The average Bonchev–Trinajstić information content (AvgIpc) is 2.37. The van der Waals surface area contributed by atoms with E-state index in [1.165, 1.54) is 18.1 Å². The van der Waals surface area contributed by atoms with Crippen molar-refractivity contribution in [3.05, 3.63) is 0 Å². The van der Waals surface area contributed by atoms with Crippen LogP contribution in [0.3, 0.4) is 0 Å². The molecule has 0 fully saturated rings. The fraction of sp³-hybridized carbons (Fsp3) is 0.875. The Hall–Kier alpha value is -0.0862. The summed E-state index contributed by atoms with van der Waals surface area (Å²) in [5, 5.41) is 0.250. The largest absolute Gasteiger partial charge is 0.406 e. The van der Waals surface area contributed by atoms with E-state index in [2.05, 4.69) is 66.5 Å². The van der Waals surface area contributed by atoms with Gasteiger partial charge in [-0.05, 0) is 36.3 Å². The van der Waals surface area contributed by atoms with Gasteiger partial charge in [0, 0.05) is 0 Å². The Balaban J connectivity index is 4.20. The fourth-order valence-corrected chi connectivity index (χ4v) is 5.14. The third-order valence-electron chi connectivity index (χ3n) is 4.82. The van der Waals surface area contributed by atoms with Gasteiger partial charge in [0.2, 0.25) is 0 Å². The Kier molecular flexibility index (Phi) is 8.34. The second-order valence-electron chi connectivity index (χ2n) is 6.93. The van der Waals surface area contributed by atoms with E-state index in [1.807, 2.05) is 0 Å². The Morgan fingerprint density at radius 1 is 0.800 bits per heavy atom. The summed E-state index contributed by atoms with van der Waals surface area (Å²) >= 11 is 0. The summed E-state index contributed by atoms with van der Waals surface area (Å²) in [4.78, 5) is 0. The smallest absolute Gasteiger partial charge is 0.193 e. The summed E-state index contributed by atoms with van der Waals surface area (Å²) in [7, 11) is -3.14. The molecular formula is C16H34O2Si2. The van der Waals surface area contributed by atoms with Crippen LogP contribution in [-0.2, 0) is 8.85 Å². The first-order valence-electron chi connectivity index (χ1n) is 7.87. The van der Waals surface area contributed by atoms with Gasteiger partial charge in [0.05, 0.1) is 13.2 Å². The van der Waals surface area contributed by atoms with E-state index < -0.39 is 16.6 Å². The van der Waals surface area contributed by atoms with Gasteiger partial charge in [0.1, 0.15) is 0 Å². The van der Waals surface area contributed by atoms with E-state index in [1.54, 1.807) is 0 Å². The highest BCUT2D eigenvalue weighted by Gasteiger charge is 2.36. The van der Waals surface area contributed by atoms with Crippen LogP contribution in [0, 0.1) is 11.8 Å². The van der Waals surface area contributed by atoms with Crippen molar-refractivity contribution in [3.63, 3.8) is 0 Å². The zero-order chi connectivity index (χ0) is 15.9. The zero-order valence-electron chi connectivity index (χ0n) is 14.9. The van der Waals surface area contributed by atoms with Gasteiger partial charge in [0.15, 0.2) is 16.6 Å². The first-order chi connectivity index (χ1) is 9.14. The van der Waals surface area contributed by atoms with Crippen molar-refractivity contribution in [2.24, 2.45) is 0 Å². The maximum absolute atomic E-state index is 6.10. The summed E-state index contributed by atoms with van der Waals surface area (Å²) in [5.41, 5.74) is 0.